The van der Waals surface area contributed by atoms with Crippen LogP contribution in [0.3, 0.4) is 0 Å². The van der Waals surface area contributed by atoms with Crippen molar-refractivity contribution >= 4 is 5.82 Å². The van der Waals surface area contributed by atoms with Gasteiger partial charge in [0.2, 0.25) is 0 Å². The molecule has 0 aliphatic carbocycles. The fraction of sp³-hybridized carbons (Fsp3) is 0.400. The largest absolute Gasteiger partial charge is 0.497 e. The molecule has 3 N–H and O–H groups in total. The molecule has 19 heavy (non-hydrogen) atoms. The summed E-state index contributed by atoms with van der Waals surface area (Å²) in [4.78, 5) is 0. The van der Waals surface area contributed by atoms with Gasteiger partial charge < -0.3 is 10.5 Å². The Morgan fingerprint density at radius 3 is 2.89 bits per heavy atom. The molecule has 0 fully saturated rings. The predicted molar refractivity (Wildman–Crippen MR) is 78.1 cm³/mol. The highest BCUT2D eigenvalue weighted by Gasteiger charge is 2.15. The molecule has 102 valence electrons. The van der Waals surface area contributed by atoms with Crippen LogP contribution in [-0.4, -0.2) is 17.3 Å². The van der Waals surface area contributed by atoms with Crippen molar-refractivity contribution in [3.8, 4) is 16.9 Å². The zero-order valence-corrected chi connectivity index (χ0v) is 11.7. The van der Waals surface area contributed by atoms with E-state index in [1.807, 2.05) is 24.3 Å². The van der Waals surface area contributed by atoms with Crippen LogP contribution in [0.5, 0.6) is 5.75 Å². The molecule has 0 spiro atoms. The number of benzene rings is 1. The molecule has 2 aromatic rings. The van der Waals surface area contributed by atoms with E-state index < -0.39 is 0 Å². The highest BCUT2D eigenvalue weighted by molar-refractivity contribution is 5.77. The van der Waals surface area contributed by atoms with E-state index in [4.69, 9.17) is 10.5 Å². The number of aromatic nitrogens is 2. The second-order valence-corrected chi connectivity index (χ2v) is 4.91. The number of nitrogens with one attached hydrogen (secondary N) is 1. The predicted octanol–water partition coefficient (Wildman–Crippen LogP) is 3.26. The molecule has 1 atom stereocenters. The zero-order chi connectivity index (χ0) is 13.8. The van der Waals surface area contributed by atoms with Crippen LogP contribution >= 0.6 is 0 Å². The first-order chi connectivity index (χ1) is 9.15. The Morgan fingerprint density at radius 1 is 1.42 bits per heavy atom. The summed E-state index contributed by atoms with van der Waals surface area (Å²) >= 11 is 0. The van der Waals surface area contributed by atoms with Gasteiger partial charge in [0.15, 0.2) is 5.82 Å². The average molecular weight is 259 g/mol. The van der Waals surface area contributed by atoms with Gasteiger partial charge in [0.05, 0.1) is 7.11 Å². The van der Waals surface area contributed by atoms with E-state index >= 15 is 0 Å². The number of methoxy groups -OCH3 is 1. The second-order valence-electron chi connectivity index (χ2n) is 4.91. The number of hydrogen-bond acceptors (Lipinski definition) is 3. The number of H-pyrrole nitrogens is 1. The highest BCUT2D eigenvalue weighted by Crippen LogP contribution is 2.31. The third-order valence-electron chi connectivity index (χ3n) is 3.48. The summed E-state index contributed by atoms with van der Waals surface area (Å²) in [6.07, 6.45) is 2.09. The Labute approximate surface area is 114 Å². The molecule has 1 heterocycles. The maximum atomic E-state index is 6.00. The van der Waals surface area contributed by atoms with Crippen LogP contribution in [0.4, 0.5) is 5.82 Å². The van der Waals surface area contributed by atoms with E-state index in [0.717, 1.165) is 35.4 Å². The quantitative estimate of drug-likeness (QED) is 0.866. The maximum absolute atomic E-state index is 6.00. The van der Waals surface area contributed by atoms with Crippen LogP contribution in [0, 0.1) is 5.92 Å². The molecule has 1 unspecified atom stereocenters. The molecule has 0 amide bonds. The lowest BCUT2D eigenvalue weighted by atomic mass is 9.97. The minimum absolute atomic E-state index is 0.548. The third kappa shape index (κ3) is 2.89. The van der Waals surface area contributed by atoms with Crippen LogP contribution in [0.15, 0.2) is 24.3 Å². The molecule has 4 heteroatoms. The molecule has 4 nitrogen and oxygen atoms in total. The number of rotatable bonds is 5. The Morgan fingerprint density at radius 2 is 2.21 bits per heavy atom. The zero-order valence-electron chi connectivity index (χ0n) is 11.7. The monoisotopic (exact) mass is 259 g/mol. The molecule has 0 saturated heterocycles. The summed E-state index contributed by atoms with van der Waals surface area (Å²) in [6.45, 7) is 4.42. The molecule has 0 saturated carbocycles. The Balaban J connectivity index is 2.40. The van der Waals surface area contributed by atoms with Crippen molar-refractivity contribution in [3.63, 3.8) is 0 Å². The van der Waals surface area contributed by atoms with Crippen LogP contribution < -0.4 is 10.5 Å². The van der Waals surface area contributed by atoms with Crippen LogP contribution in [0.25, 0.3) is 11.1 Å². The first-order valence-electron chi connectivity index (χ1n) is 6.62. The Bertz CT molecular complexity index is 548. The van der Waals surface area contributed by atoms with Crippen molar-refractivity contribution < 1.29 is 4.74 Å². The Hall–Kier alpha value is -1.97. The second kappa shape index (κ2) is 5.78. The van der Waals surface area contributed by atoms with Gasteiger partial charge in [-0.1, -0.05) is 32.4 Å². The number of ether oxygens (including phenoxy) is 1. The van der Waals surface area contributed by atoms with Gasteiger partial charge >= 0.3 is 0 Å². The molecule has 0 aliphatic heterocycles. The first kappa shape index (κ1) is 13.5. The molecular weight excluding hydrogens is 238 g/mol. The summed E-state index contributed by atoms with van der Waals surface area (Å²) in [6, 6.07) is 7.91. The molecule has 0 radical (unpaired) electrons. The maximum Gasteiger partial charge on any atom is 0.153 e. The normalized spacial score (nSPS) is 12.4. The van der Waals surface area contributed by atoms with Crippen molar-refractivity contribution in [2.75, 3.05) is 12.8 Å². The van der Waals surface area contributed by atoms with Gasteiger partial charge in [0, 0.05) is 11.3 Å². The molecule has 1 aromatic heterocycles. The molecule has 2 rings (SSSR count). The fourth-order valence-electron chi connectivity index (χ4n) is 2.14. The van der Waals surface area contributed by atoms with E-state index in [2.05, 4.69) is 24.0 Å². The van der Waals surface area contributed by atoms with Gasteiger partial charge in [0.1, 0.15) is 5.75 Å². The van der Waals surface area contributed by atoms with Crippen LogP contribution in [0.2, 0.25) is 0 Å². The number of hydrogen-bond donors (Lipinski definition) is 2. The number of aromatic amines is 1. The van der Waals surface area contributed by atoms with Crippen molar-refractivity contribution in [1.82, 2.24) is 10.2 Å². The number of nitrogens with two attached hydrogens (primary N) is 1. The number of nitrogens with zero attached hydrogens (tertiary/aromatic N) is 1. The summed E-state index contributed by atoms with van der Waals surface area (Å²) in [7, 11) is 1.66. The lowest BCUT2D eigenvalue weighted by molar-refractivity contribution is 0.415. The molecular formula is C15H21N3O. The van der Waals surface area contributed by atoms with Gasteiger partial charge in [-0.05, 0) is 30.0 Å². The van der Waals surface area contributed by atoms with Gasteiger partial charge in [-0.15, -0.1) is 0 Å². The van der Waals surface area contributed by atoms with Gasteiger partial charge in [-0.25, -0.2) is 0 Å². The first-order valence-corrected chi connectivity index (χ1v) is 6.62. The smallest absolute Gasteiger partial charge is 0.153 e. The topological polar surface area (TPSA) is 63.9 Å². The summed E-state index contributed by atoms with van der Waals surface area (Å²) in [5.41, 5.74) is 9.14. The van der Waals surface area contributed by atoms with E-state index in [1.54, 1.807) is 7.11 Å². The SMILES string of the molecule is CCC(C)Cc1[nH]nc(N)c1-c1cccc(OC)c1. The van der Waals surface area contributed by atoms with E-state index in [9.17, 15) is 0 Å². The number of anilines is 1. The summed E-state index contributed by atoms with van der Waals surface area (Å²) in [5.74, 6) is 1.98. The fourth-order valence-corrected chi connectivity index (χ4v) is 2.14. The van der Waals surface area contributed by atoms with Gasteiger partial charge in [-0.3, -0.25) is 5.10 Å². The minimum atomic E-state index is 0.548. The number of nitrogen functional groups attached to an aromatic ring is 1. The summed E-state index contributed by atoms with van der Waals surface area (Å²) in [5, 5.41) is 7.21. The average Bonchev–Trinajstić information content (AvgIpc) is 2.79. The molecule has 0 aliphatic rings. The highest BCUT2D eigenvalue weighted by atomic mass is 16.5. The van der Waals surface area contributed by atoms with Crippen molar-refractivity contribution in [1.29, 1.82) is 0 Å². The van der Waals surface area contributed by atoms with E-state index in [-0.39, 0.29) is 0 Å². The van der Waals surface area contributed by atoms with Crippen molar-refractivity contribution in [2.24, 2.45) is 5.92 Å². The standard InChI is InChI=1S/C15H21N3O/c1-4-10(2)8-13-14(15(16)18-17-13)11-6-5-7-12(9-11)19-3/h5-7,9-10H,4,8H2,1-3H3,(H3,16,17,18). The van der Waals surface area contributed by atoms with E-state index in [0.29, 0.717) is 11.7 Å². The third-order valence-corrected chi connectivity index (χ3v) is 3.48. The van der Waals surface area contributed by atoms with Gasteiger partial charge in [-0.2, -0.15) is 5.10 Å². The Kier molecular flexibility index (Phi) is 4.10. The van der Waals surface area contributed by atoms with Gasteiger partial charge in [0.25, 0.3) is 0 Å². The van der Waals surface area contributed by atoms with Crippen molar-refractivity contribution in [2.45, 2.75) is 26.7 Å². The summed E-state index contributed by atoms with van der Waals surface area (Å²) < 4.78 is 5.26. The minimum Gasteiger partial charge on any atom is -0.497 e. The van der Waals surface area contributed by atoms with E-state index in [1.165, 1.54) is 0 Å². The van der Waals surface area contributed by atoms with Crippen molar-refractivity contribution in [3.05, 3.63) is 30.0 Å². The molecule has 1 aromatic carbocycles. The lowest BCUT2D eigenvalue weighted by Crippen LogP contribution is -2.00. The lowest BCUT2D eigenvalue weighted by Gasteiger charge is -2.10. The molecule has 0 bridgehead atoms. The van der Waals surface area contributed by atoms with Crippen LogP contribution in [0.1, 0.15) is 26.0 Å². The van der Waals surface area contributed by atoms with Crippen LogP contribution in [-0.2, 0) is 6.42 Å².